The van der Waals surface area contributed by atoms with Crippen LogP contribution in [0.5, 0.6) is 23.0 Å². The summed E-state index contributed by atoms with van der Waals surface area (Å²) in [6.07, 6.45) is -21.9. The first-order valence-electron chi connectivity index (χ1n) is 17.6. The van der Waals surface area contributed by atoms with Gasteiger partial charge in [-0.25, -0.2) is 4.79 Å². The fraction of sp³-hybridized carbons (Fsp3) is 0.583. The first-order valence-corrected chi connectivity index (χ1v) is 17.6. The van der Waals surface area contributed by atoms with E-state index < -0.39 is 117 Å². The summed E-state index contributed by atoms with van der Waals surface area (Å²) in [5.74, 6) is -1.74. The molecule has 11 N–H and O–H groups in total. The maximum absolute atomic E-state index is 13.0. The van der Waals surface area contributed by atoms with Crippen molar-refractivity contribution in [3.05, 3.63) is 53.6 Å². The summed E-state index contributed by atoms with van der Waals surface area (Å²) in [6.45, 7) is -0.150. The Kier molecular flexibility index (Phi) is 14.9. The van der Waals surface area contributed by atoms with Gasteiger partial charge < -0.3 is 94.1 Å². The van der Waals surface area contributed by atoms with Crippen molar-refractivity contribution in [2.45, 2.75) is 105 Å². The highest BCUT2D eigenvalue weighted by molar-refractivity contribution is 5.87. The number of aliphatic hydroxyl groups excluding tert-OH is 8. The van der Waals surface area contributed by atoms with E-state index in [0.29, 0.717) is 11.1 Å². The third kappa shape index (κ3) is 10.0. The zero-order valence-electron chi connectivity index (χ0n) is 30.2. The molecule has 3 aliphatic rings. The Morgan fingerprint density at radius 3 is 2.09 bits per heavy atom. The number of phenolic OH excluding ortho intramolecular Hbond substituents is 3. The molecule has 3 saturated heterocycles. The molecule has 3 fully saturated rings. The number of carbonyl (C=O) groups is 1. The molecule has 0 saturated carbocycles. The van der Waals surface area contributed by atoms with Gasteiger partial charge in [-0.15, -0.1) is 0 Å². The zero-order valence-corrected chi connectivity index (χ0v) is 30.2. The first kappa shape index (κ1) is 43.4. The van der Waals surface area contributed by atoms with Crippen LogP contribution in [0.2, 0.25) is 0 Å². The van der Waals surface area contributed by atoms with Gasteiger partial charge in [-0.1, -0.05) is 12.1 Å². The topological polar surface area (TPSA) is 313 Å². The highest BCUT2D eigenvalue weighted by Gasteiger charge is 2.52. The number of hydrogen-bond acceptors (Lipinski definition) is 20. The third-order valence-corrected chi connectivity index (χ3v) is 9.57. The lowest BCUT2D eigenvalue weighted by atomic mass is 9.97. The number of benzene rings is 2. The molecule has 312 valence electrons. The molecule has 56 heavy (non-hydrogen) atoms. The first-order chi connectivity index (χ1) is 26.6. The standard InChI is InChI=1S/C36H48O20/c1-15-25(42)27(44)29(46)36(52-15)56-33-26(43)22(13-37)53-35(31(33)48)51-14-23-32(55-24(41)8-5-16-3-6-18(38)20(40)11-16)28(45)30(47)34(54-23)50-10-9-17-4-7-19(39)21(12-17)49-2/h3-8,11-12,15,22-23,25-40,42-48H,9-10,13-14H2,1-2H3/t15-,22+,23+,25-,26+,27+,28+,29+,30+,31+,32+,33-,34+,35+,36-/m0/s1. The monoisotopic (exact) mass is 800 g/mol. The molecule has 0 spiro atoms. The Morgan fingerprint density at radius 2 is 1.39 bits per heavy atom. The largest absolute Gasteiger partial charge is 0.504 e. The van der Waals surface area contributed by atoms with Crippen molar-refractivity contribution < 1.29 is 98.9 Å². The molecule has 0 aromatic heterocycles. The predicted molar refractivity (Wildman–Crippen MR) is 185 cm³/mol. The van der Waals surface area contributed by atoms with Crippen LogP contribution in [0, 0.1) is 0 Å². The van der Waals surface area contributed by atoms with E-state index in [1.165, 1.54) is 44.4 Å². The fourth-order valence-electron chi connectivity index (χ4n) is 6.30. The highest BCUT2D eigenvalue weighted by Crippen LogP contribution is 2.32. The minimum absolute atomic E-state index is 0.0799. The maximum atomic E-state index is 13.0. The van der Waals surface area contributed by atoms with Crippen molar-refractivity contribution in [2.24, 2.45) is 0 Å². The Balaban J connectivity index is 1.31. The van der Waals surface area contributed by atoms with Crippen LogP contribution in [-0.4, -0.2) is 181 Å². The number of esters is 1. The molecular formula is C36H48O20. The van der Waals surface area contributed by atoms with Crippen molar-refractivity contribution in [3.8, 4) is 23.0 Å². The van der Waals surface area contributed by atoms with E-state index in [1.54, 1.807) is 12.1 Å². The average Bonchev–Trinajstić information content (AvgIpc) is 3.18. The molecular weight excluding hydrogens is 752 g/mol. The van der Waals surface area contributed by atoms with Gasteiger partial charge in [0, 0.05) is 6.08 Å². The van der Waals surface area contributed by atoms with Crippen LogP contribution in [0.25, 0.3) is 6.08 Å². The minimum Gasteiger partial charge on any atom is -0.504 e. The molecule has 3 heterocycles. The van der Waals surface area contributed by atoms with Gasteiger partial charge >= 0.3 is 5.97 Å². The summed E-state index contributed by atoms with van der Waals surface area (Å²) in [7, 11) is 1.38. The van der Waals surface area contributed by atoms with Crippen LogP contribution in [0.1, 0.15) is 18.1 Å². The van der Waals surface area contributed by atoms with Crippen LogP contribution in [0.4, 0.5) is 0 Å². The Morgan fingerprint density at radius 1 is 0.714 bits per heavy atom. The summed E-state index contributed by atoms with van der Waals surface area (Å²) in [6, 6.07) is 8.36. The molecule has 0 radical (unpaired) electrons. The minimum atomic E-state index is -1.87. The summed E-state index contributed by atoms with van der Waals surface area (Å²) >= 11 is 0. The van der Waals surface area contributed by atoms with E-state index in [-0.39, 0.29) is 30.3 Å². The van der Waals surface area contributed by atoms with Gasteiger partial charge in [-0.2, -0.15) is 0 Å². The fourth-order valence-corrected chi connectivity index (χ4v) is 6.30. The summed E-state index contributed by atoms with van der Waals surface area (Å²) < 4.78 is 44.7. The Bertz CT molecular complexity index is 1620. The van der Waals surface area contributed by atoms with Crippen LogP contribution in [0.3, 0.4) is 0 Å². The summed E-state index contributed by atoms with van der Waals surface area (Å²) in [5.41, 5.74) is 0.975. The molecule has 20 nitrogen and oxygen atoms in total. The smallest absolute Gasteiger partial charge is 0.331 e. The third-order valence-electron chi connectivity index (χ3n) is 9.57. The number of carbonyl (C=O) groups excluding carboxylic acids is 1. The second-order valence-corrected chi connectivity index (χ2v) is 13.5. The van der Waals surface area contributed by atoms with E-state index in [4.69, 9.17) is 37.9 Å². The van der Waals surface area contributed by atoms with E-state index in [2.05, 4.69) is 0 Å². The Labute approximate surface area is 319 Å². The van der Waals surface area contributed by atoms with Crippen molar-refractivity contribution in [1.82, 2.24) is 0 Å². The molecule has 2 aromatic rings. The number of ether oxygens (including phenoxy) is 8. The summed E-state index contributed by atoms with van der Waals surface area (Å²) in [5, 5.41) is 114. The zero-order chi connectivity index (χ0) is 40.8. The van der Waals surface area contributed by atoms with Gasteiger partial charge in [-0.3, -0.25) is 0 Å². The van der Waals surface area contributed by atoms with Crippen molar-refractivity contribution in [3.63, 3.8) is 0 Å². The maximum Gasteiger partial charge on any atom is 0.331 e. The van der Waals surface area contributed by atoms with Crippen molar-refractivity contribution in [2.75, 3.05) is 26.9 Å². The van der Waals surface area contributed by atoms with Gasteiger partial charge in [-0.05, 0) is 54.8 Å². The lowest BCUT2D eigenvalue weighted by Gasteiger charge is -2.46. The number of aliphatic hydroxyl groups is 8. The van der Waals surface area contributed by atoms with E-state index in [1.807, 2.05) is 0 Å². The lowest BCUT2D eigenvalue weighted by Crippen LogP contribution is -2.65. The van der Waals surface area contributed by atoms with Crippen LogP contribution in [-0.2, 0) is 44.4 Å². The number of aromatic hydroxyl groups is 3. The second-order valence-electron chi connectivity index (χ2n) is 13.5. The molecule has 0 bridgehead atoms. The van der Waals surface area contributed by atoms with Crippen LogP contribution in [0.15, 0.2) is 42.5 Å². The summed E-state index contributed by atoms with van der Waals surface area (Å²) in [4.78, 5) is 13.0. The average molecular weight is 801 g/mol. The Hall–Kier alpha value is -3.71. The van der Waals surface area contributed by atoms with Gasteiger partial charge in [0.05, 0.1) is 33.0 Å². The number of rotatable bonds is 14. The SMILES string of the molecule is COc1cc(CCO[C@@H]2O[C@H](CO[C@@H]3O[C@H](CO)[C@@H](O)[C@H](O[C@@H]4O[C@@H](C)[C@H](O)[C@@H](O)[C@H]4O)[C@H]3O)[C@@H](OC(=O)C=Cc3ccc(O)c(O)c3)[C@H](O)[C@H]2O)ccc1O. The quantitative estimate of drug-likeness (QED) is 0.0519. The molecule has 0 aliphatic carbocycles. The predicted octanol–water partition coefficient (Wildman–Crippen LogP) is -2.89. The molecule has 0 unspecified atom stereocenters. The molecule has 15 atom stereocenters. The van der Waals surface area contributed by atoms with E-state index in [9.17, 15) is 61.0 Å². The lowest BCUT2D eigenvalue weighted by molar-refractivity contribution is -0.363. The van der Waals surface area contributed by atoms with Gasteiger partial charge in [0.15, 0.2) is 48.0 Å². The molecule has 20 heteroatoms. The number of hydrogen-bond donors (Lipinski definition) is 11. The normalized spacial score (nSPS) is 36.4. The van der Waals surface area contributed by atoms with Crippen LogP contribution >= 0.6 is 0 Å². The molecule has 2 aromatic carbocycles. The number of phenols is 3. The van der Waals surface area contributed by atoms with Crippen molar-refractivity contribution in [1.29, 1.82) is 0 Å². The van der Waals surface area contributed by atoms with E-state index in [0.717, 1.165) is 6.08 Å². The number of methoxy groups -OCH3 is 1. The van der Waals surface area contributed by atoms with Gasteiger partial charge in [0.2, 0.25) is 0 Å². The van der Waals surface area contributed by atoms with Gasteiger partial charge in [0.1, 0.15) is 61.0 Å². The van der Waals surface area contributed by atoms with E-state index >= 15 is 0 Å². The molecule has 3 aliphatic heterocycles. The second kappa shape index (κ2) is 19.2. The molecule has 5 rings (SSSR count). The van der Waals surface area contributed by atoms with Crippen molar-refractivity contribution >= 4 is 12.0 Å². The van der Waals surface area contributed by atoms with Crippen LogP contribution < -0.4 is 4.74 Å². The van der Waals surface area contributed by atoms with Gasteiger partial charge in [0.25, 0.3) is 0 Å². The molecule has 0 amide bonds. The highest BCUT2D eigenvalue weighted by atomic mass is 16.7.